The quantitative estimate of drug-likeness (QED) is 0.740. The number of benzene rings is 1. The molecule has 0 atom stereocenters. The molecule has 2 aromatic rings. The Morgan fingerprint density at radius 2 is 1.76 bits per heavy atom. The first-order valence-electron chi connectivity index (χ1n) is 5.62. The second-order valence-corrected chi connectivity index (χ2v) is 5.04. The third-order valence-corrected chi connectivity index (χ3v) is 2.62. The molecule has 0 N–H and O–H groups in total. The third-order valence-electron chi connectivity index (χ3n) is 2.62. The summed E-state index contributed by atoms with van der Waals surface area (Å²) in [4.78, 5) is 10.6. The van der Waals surface area contributed by atoms with Gasteiger partial charge in [0.25, 0.3) is 0 Å². The second-order valence-electron chi connectivity index (χ2n) is 5.04. The second kappa shape index (κ2) is 4.17. The standard InChI is InChI=1S/C14H16N2O/c1-14(2,3)16-13(8-9-15-16)12-6-4-11(10-17)5-7-12/h4-10H,1-3H3. The van der Waals surface area contributed by atoms with Gasteiger partial charge in [-0.05, 0) is 32.4 Å². The molecule has 0 spiro atoms. The van der Waals surface area contributed by atoms with Crippen molar-refractivity contribution in [2.45, 2.75) is 26.3 Å². The molecule has 0 radical (unpaired) electrons. The van der Waals surface area contributed by atoms with Crippen LogP contribution in [0.5, 0.6) is 0 Å². The Balaban J connectivity index is 2.46. The highest BCUT2D eigenvalue weighted by Gasteiger charge is 2.17. The number of hydrogen-bond acceptors (Lipinski definition) is 2. The van der Waals surface area contributed by atoms with Gasteiger partial charge in [-0.2, -0.15) is 5.10 Å². The predicted molar refractivity (Wildman–Crippen MR) is 68.0 cm³/mol. The topological polar surface area (TPSA) is 34.9 Å². The highest BCUT2D eigenvalue weighted by Crippen LogP contribution is 2.24. The number of aromatic nitrogens is 2. The zero-order valence-corrected chi connectivity index (χ0v) is 10.3. The average Bonchev–Trinajstić information content (AvgIpc) is 2.78. The molecule has 3 nitrogen and oxygen atoms in total. The van der Waals surface area contributed by atoms with Crippen molar-refractivity contribution in [1.82, 2.24) is 9.78 Å². The third kappa shape index (κ3) is 2.28. The van der Waals surface area contributed by atoms with Crippen molar-refractivity contribution in [3.05, 3.63) is 42.1 Å². The van der Waals surface area contributed by atoms with Crippen LogP contribution in [0.4, 0.5) is 0 Å². The van der Waals surface area contributed by atoms with Crippen LogP contribution in [0.1, 0.15) is 31.1 Å². The highest BCUT2D eigenvalue weighted by molar-refractivity contribution is 5.76. The zero-order valence-electron chi connectivity index (χ0n) is 10.3. The molecule has 88 valence electrons. The Morgan fingerprint density at radius 1 is 1.12 bits per heavy atom. The molecule has 0 saturated heterocycles. The van der Waals surface area contributed by atoms with E-state index >= 15 is 0 Å². The van der Waals surface area contributed by atoms with Gasteiger partial charge in [0.1, 0.15) is 6.29 Å². The lowest BCUT2D eigenvalue weighted by Crippen LogP contribution is -2.23. The molecule has 0 aliphatic heterocycles. The van der Waals surface area contributed by atoms with E-state index in [-0.39, 0.29) is 5.54 Å². The van der Waals surface area contributed by atoms with Crippen LogP contribution < -0.4 is 0 Å². The Labute approximate surface area is 101 Å². The summed E-state index contributed by atoms with van der Waals surface area (Å²) in [5.41, 5.74) is 2.77. The number of hydrogen-bond donors (Lipinski definition) is 0. The molecule has 0 unspecified atom stereocenters. The molecule has 1 heterocycles. The van der Waals surface area contributed by atoms with Crippen LogP contribution in [-0.2, 0) is 5.54 Å². The fourth-order valence-corrected chi connectivity index (χ4v) is 1.79. The van der Waals surface area contributed by atoms with E-state index in [1.54, 1.807) is 6.20 Å². The van der Waals surface area contributed by atoms with Crippen molar-refractivity contribution in [3.8, 4) is 11.3 Å². The lowest BCUT2D eigenvalue weighted by Gasteiger charge is -2.22. The molecule has 17 heavy (non-hydrogen) atoms. The maximum atomic E-state index is 10.6. The lowest BCUT2D eigenvalue weighted by atomic mass is 10.1. The van der Waals surface area contributed by atoms with Crippen molar-refractivity contribution in [1.29, 1.82) is 0 Å². The summed E-state index contributed by atoms with van der Waals surface area (Å²) in [5.74, 6) is 0. The number of carbonyl (C=O) groups excluding carboxylic acids is 1. The Hall–Kier alpha value is -1.90. The average molecular weight is 228 g/mol. The molecule has 0 bridgehead atoms. The molecule has 0 saturated carbocycles. The fraction of sp³-hybridized carbons (Fsp3) is 0.286. The molecular weight excluding hydrogens is 212 g/mol. The molecule has 0 aliphatic rings. The van der Waals surface area contributed by atoms with Gasteiger partial charge in [0.15, 0.2) is 0 Å². The maximum Gasteiger partial charge on any atom is 0.150 e. The Kier molecular flexibility index (Phi) is 2.84. The monoisotopic (exact) mass is 228 g/mol. The molecule has 0 amide bonds. The maximum absolute atomic E-state index is 10.6. The Morgan fingerprint density at radius 3 is 2.29 bits per heavy atom. The smallest absolute Gasteiger partial charge is 0.150 e. The van der Waals surface area contributed by atoms with Crippen molar-refractivity contribution >= 4 is 6.29 Å². The van der Waals surface area contributed by atoms with Crippen molar-refractivity contribution < 1.29 is 4.79 Å². The van der Waals surface area contributed by atoms with Crippen LogP contribution in [0.3, 0.4) is 0 Å². The van der Waals surface area contributed by atoms with Crippen LogP contribution in [0.2, 0.25) is 0 Å². The molecule has 3 heteroatoms. The summed E-state index contributed by atoms with van der Waals surface area (Å²) in [6.45, 7) is 6.34. The van der Waals surface area contributed by atoms with E-state index < -0.39 is 0 Å². The van der Waals surface area contributed by atoms with Crippen molar-refractivity contribution in [2.24, 2.45) is 0 Å². The van der Waals surface area contributed by atoms with Crippen molar-refractivity contribution in [3.63, 3.8) is 0 Å². The van der Waals surface area contributed by atoms with E-state index in [9.17, 15) is 4.79 Å². The van der Waals surface area contributed by atoms with Gasteiger partial charge in [0, 0.05) is 11.8 Å². The van der Waals surface area contributed by atoms with E-state index in [0.29, 0.717) is 5.56 Å². The normalized spacial score (nSPS) is 11.5. The molecule has 0 aliphatic carbocycles. The first kappa shape index (κ1) is 11.6. The lowest BCUT2D eigenvalue weighted by molar-refractivity contribution is 0.112. The molecular formula is C14H16N2O. The molecule has 1 aromatic heterocycles. The number of nitrogens with zero attached hydrogens (tertiary/aromatic N) is 2. The summed E-state index contributed by atoms with van der Waals surface area (Å²) < 4.78 is 1.99. The summed E-state index contributed by atoms with van der Waals surface area (Å²) in [6, 6.07) is 9.53. The Bertz CT molecular complexity index is 518. The largest absolute Gasteiger partial charge is 0.298 e. The first-order chi connectivity index (χ1) is 8.02. The predicted octanol–water partition coefficient (Wildman–Crippen LogP) is 3.12. The number of carbonyl (C=O) groups is 1. The van der Waals surface area contributed by atoms with Gasteiger partial charge in [0.05, 0.1) is 11.2 Å². The van der Waals surface area contributed by atoms with Gasteiger partial charge < -0.3 is 0 Å². The summed E-state index contributed by atoms with van der Waals surface area (Å²) in [6.07, 6.45) is 2.65. The van der Waals surface area contributed by atoms with Gasteiger partial charge in [-0.25, -0.2) is 0 Å². The molecule has 0 fully saturated rings. The van der Waals surface area contributed by atoms with Gasteiger partial charge >= 0.3 is 0 Å². The zero-order chi connectivity index (χ0) is 12.5. The minimum Gasteiger partial charge on any atom is -0.298 e. The van der Waals surface area contributed by atoms with Gasteiger partial charge in [-0.1, -0.05) is 24.3 Å². The van der Waals surface area contributed by atoms with E-state index in [4.69, 9.17) is 0 Å². The summed E-state index contributed by atoms with van der Waals surface area (Å²) >= 11 is 0. The highest BCUT2D eigenvalue weighted by atomic mass is 16.1. The van der Waals surface area contributed by atoms with Crippen LogP contribution >= 0.6 is 0 Å². The first-order valence-corrected chi connectivity index (χ1v) is 5.62. The van der Waals surface area contributed by atoms with Gasteiger partial charge in [-0.3, -0.25) is 9.48 Å². The fourth-order valence-electron chi connectivity index (χ4n) is 1.79. The van der Waals surface area contributed by atoms with Gasteiger partial charge in [-0.15, -0.1) is 0 Å². The SMILES string of the molecule is CC(C)(C)n1nccc1-c1ccc(C=O)cc1. The minimum atomic E-state index is -0.0534. The van der Waals surface area contributed by atoms with Gasteiger partial charge in [0.2, 0.25) is 0 Å². The van der Waals surface area contributed by atoms with E-state index in [1.165, 1.54) is 0 Å². The number of aldehydes is 1. The van der Waals surface area contributed by atoms with Crippen LogP contribution in [-0.4, -0.2) is 16.1 Å². The van der Waals surface area contributed by atoms with E-state index in [1.807, 2.05) is 35.0 Å². The summed E-state index contributed by atoms with van der Waals surface area (Å²) in [7, 11) is 0. The van der Waals surface area contributed by atoms with E-state index in [0.717, 1.165) is 17.5 Å². The number of rotatable bonds is 2. The molecule has 1 aromatic carbocycles. The van der Waals surface area contributed by atoms with E-state index in [2.05, 4.69) is 25.9 Å². The molecule has 2 rings (SSSR count). The van der Waals surface area contributed by atoms with Crippen LogP contribution in [0.25, 0.3) is 11.3 Å². The summed E-state index contributed by atoms with van der Waals surface area (Å²) in [5, 5.41) is 4.35. The van der Waals surface area contributed by atoms with Crippen LogP contribution in [0.15, 0.2) is 36.5 Å². The van der Waals surface area contributed by atoms with Crippen LogP contribution in [0, 0.1) is 0 Å². The van der Waals surface area contributed by atoms with Crippen molar-refractivity contribution in [2.75, 3.05) is 0 Å². The minimum absolute atomic E-state index is 0.0534.